The van der Waals surface area contributed by atoms with Crippen LogP contribution in [0.2, 0.25) is 0 Å². The lowest BCUT2D eigenvalue weighted by Crippen LogP contribution is -2.39. The van der Waals surface area contributed by atoms with E-state index in [1.807, 2.05) is 6.08 Å². The van der Waals surface area contributed by atoms with Crippen LogP contribution in [0.5, 0.6) is 0 Å². The lowest BCUT2D eigenvalue weighted by atomic mass is 9.96. The van der Waals surface area contributed by atoms with Gasteiger partial charge in [0.1, 0.15) is 0 Å². The topological polar surface area (TPSA) is 12.0 Å². The van der Waals surface area contributed by atoms with Crippen molar-refractivity contribution in [3.63, 3.8) is 0 Å². The Morgan fingerprint density at radius 2 is 1.04 bits per heavy atom. The van der Waals surface area contributed by atoms with Gasteiger partial charge in [-0.25, -0.2) is 0 Å². The van der Waals surface area contributed by atoms with Gasteiger partial charge in [0.25, 0.3) is 0 Å². The van der Waals surface area contributed by atoms with E-state index in [9.17, 15) is 0 Å². The van der Waals surface area contributed by atoms with Crippen molar-refractivity contribution in [3.05, 3.63) is 12.7 Å². The van der Waals surface area contributed by atoms with Gasteiger partial charge in [-0.2, -0.15) is 0 Å². The number of nitrogens with one attached hydrogen (secondary N) is 1. The summed E-state index contributed by atoms with van der Waals surface area (Å²) in [7, 11) is 0. The van der Waals surface area contributed by atoms with Gasteiger partial charge >= 0.3 is 0 Å². The summed E-state index contributed by atoms with van der Waals surface area (Å²) in [4.78, 5) is 0. The molecule has 0 fully saturated rings. The van der Waals surface area contributed by atoms with Gasteiger partial charge in [-0.3, -0.25) is 0 Å². The lowest BCUT2D eigenvalue weighted by Gasteiger charge is -2.25. The number of hydrogen-bond acceptors (Lipinski definition) is 1. The molecule has 0 aromatic rings. The first-order valence-electron chi connectivity index (χ1n) is 11.0. The van der Waals surface area contributed by atoms with Gasteiger partial charge in [-0.05, 0) is 20.3 Å². The highest BCUT2D eigenvalue weighted by Crippen LogP contribution is 2.16. The van der Waals surface area contributed by atoms with Crippen LogP contribution in [0.1, 0.15) is 124 Å². The Morgan fingerprint density at radius 1 is 0.667 bits per heavy atom. The molecule has 1 nitrogen and oxygen atoms in total. The molecular weight excluding hydrogens is 290 g/mol. The fourth-order valence-electron chi connectivity index (χ4n) is 3.38. The molecule has 1 N–H and O–H groups in total. The SMILES string of the molecule is C=CCNC(C)(C)CCCCCCCCCCCCCCCCC. The lowest BCUT2D eigenvalue weighted by molar-refractivity contribution is 0.361. The zero-order chi connectivity index (χ0) is 17.9. The van der Waals surface area contributed by atoms with Gasteiger partial charge in [-0.15, -0.1) is 6.58 Å². The monoisotopic (exact) mass is 337 g/mol. The second kappa shape index (κ2) is 17.5. The van der Waals surface area contributed by atoms with Crippen LogP contribution < -0.4 is 5.32 Å². The highest BCUT2D eigenvalue weighted by molar-refractivity contribution is 4.81. The Kier molecular flexibility index (Phi) is 17.3. The fraction of sp³-hybridized carbons (Fsp3) is 0.913. The van der Waals surface area contributed by atoms with Crippen LogP contribution >= 0.6 is 0 Å². The van der Waals surface area contributed by atoms with E-state index in [0.29, 0.717) is 0 Å². The average molecular weight is 338 g/mol. The largest absolute Gasteiger partial charge is 0.308 e. The molecule has 0 aromatic carbocycles. The predicted octanol–water partition coefficient (Wildman–Crippen LogP) is 7.80. The molecule has 0 unspecified atom stereocenters. The molecule has 0 aliphatic rings. The van der Waals surface area contributed by atoms with Crippen LogP contribution in [0.4, 0.5) is 0 Å². The highest BCUT2D eigenvalue weighted by atomic mass is 14.9. The highest BCUT2D eigenvalue weighted by Gasteiger charge is 2.14. The summed E-state index contributed by atoms with van der Waals surface area (Å²) in [6.07, 6.45) is 24.8. The second-order valence-corrected chi connectivity index (χ2v) is 8.25. The zero-order valence-corrected chi connectivity index (χ0v) is 17.3. The molecule has 0 aromatic heterocycles. The molecule has 0 spiro atoms. The Balaban J connectivity index is 3.16. The van der Waals surface area contributed by atoms with Gasteiger partial charge in [0.15, 0.2) is 0 Å². The molecule has 0 saturated carbocycles. The molecule has 0 heterocycles. The molecule has 144 valence electrons. The molecule has 0 atom stereocenters. The summed E-state index contributed by atoms with van der Waals surface area (Å²) in [6, 6.07) is 0. The van der Waals surface area contributed by atoms with Crippen molar-refractivity contribution in [2.24, 2.45) is 0 Å². The fourth-order valence-corrected chi connectivity index (χ4v) is 3.38. The van der Waals surface area contributed by atoms with Gasteiger partial charge in [-0.1, -0.05) is 109 Å². The first kappa shape index (κ1) is 23.7. The van der Waals surface area contributed by atoms with E-state index >= 15 is 0 Å². The minimum atomic E-state index is 0.269. The van der Waals surface area contributed by atoms with Crippen molar-refractivity contribution in [2.75, 3.05) is 6.54 Å². The summed E-state index contributed by atoms with van der Waals surface area (Å²) in [5.74, 6) is 0. The van der Waals surface area contributed by atoms with Gasteiger partial charge in [0, 0.05) is 12.1 Å². The standard InChI is InChI=1S/C23H47N/c1-5-7-8-9-10-11-12-13-14-15-16-17-18-19-20-21-23(3,4)24-22-6-2/h6,24H,2,5,7-22H2,1,3-4H3. The van der Waals surface area contributed by atoms with Crippen LogP contribution in [-0.4, -0.2) is 12.1 Å². The molecule has 0 saturated heterocycles. The maximum atomic E-state index is 3.78. The predicted molar refractivity (Wildman–Crippen MR) is 112 cm³/mol. The van der Waals surface area contributed by atoms with E-state index in [-0.39, 0.29) is 5.54 Å². The molecule has 0 radical (unpaired) electrons. The van der Waals surface area contributed by atoms with Crippen molar-refractivity contribution >= 4 is 0 Å². The molecule has 24 heavy (non-hydrogen) atoms. The minimum absolute atomic E-state index is 0.269. The molecule has 0 rings (SSSR count). The van der Waals surface area contributed by atoms with E-state index in [1.54, 1.807) is 0 Å². The number of unbranched alkanes of at least 4 members (excludes halogenated alkanes) is 14. The second-order valence-electron chi connectivity index (χ2n) is 8.25. The summed E-state index contributed by atoms with van der Waals surface area (Å²) in [5.41, 5.74) is 0.269. The Morgan fingerprint density at radius 3 is 1.42 bits per heavy atom. The summed E-state index contributed by atoms with van der Waals surface area (Å²) >= 11 is 0. The van der Waals surface area contributed by atoms with Crippen LogP contribution in [0.25, 0.3) is 0 Å². The van der Waals surface area contributed by atoms with E-state index in [4.69, 9.17) is 0 Å². The molecule has 0 aliphatic carbocycles. The maximum Gasteiger partial charge on any atom is 0.0137 e. The molecule has 0 bridgehead atoms. The van der Waals surface area contributed by atoms with Gasteiger partial charge in [0.2, 0.25) is 0 Å². The Hall–Kier alpha value is -0.300. The quantitative estimate of drug-likeness (QED) is 0.187. The average Bonchev–Trinajstić information content (AvgIpc) is 2.56. The normalized spacial score (nSPS) is 11.8. The van der Waals surface area contributed by atoms with Crippen molar-refractivity contribution in [1.82, 2.24) is 5.32 Å². The maximum absolute atomic E-state index is 3.78. The van der Waals surface area contributed by atoms with Crippen molar-refractivity contribution < 1.29 is 0 Å². The third kappa shape index (κ3) is 18.0. The molecule has 1 heteroatoms. The van der Waals surface area contributed by atoms with Crippen molar-refractivity contribution in [3.8, 4) is 0 Å². The van der Waals surface area contributed by atoms with E-state index in [1.165, 1.54) is 103 Å². The van der Waals surface area contributed by atoms with Crippen molar-refractivity contribution in [2.45, 2.75) is 129 Å². The van der Waals surface area contributed by atoms with E-state index < -0.39 is 0 Å². The third-order valence-electron chi connectivity index (χ3n) is 5.13. The molecular formula is C23H47N. The molecule has 0 amide bonds. The van der Waals surface area contributed by atoms with E-state index in [2.05, 4.69) is 32.7 Å². The number of rotatable bonds is 19. The zero-order valence-electron chi connectivity index (χ0n) is 17.3. The first-order valence-corrected chi connectivity index (χ1v) is 11.0. The smallest absolute Gasteiger partial charge is 0.0137 e. The summed E-state index contributed by atoms with van der Waals surface area (Å²) < 4.78 is 0. The van der Waals surface area contributed by atoms with Gasteiger partial charge in [0.05, 0.1) is 0 Å². The van der Waals surface area contributed by atoms with Crippen LogP contribution in [0.3, 0.4) is 0 Å². The Labute approximate surface area is 154 Å². The Bertz CT molecular complexity index is 257. The van der Waals surface area contributed by atoms with E-state index in [0.717, 1.165) is 6.54 Å². The van der Waals surface area contributed by atoms with Crippen LogP contribution in [0.15, 0.2) is 12.7 Å². The minimum Gasteiger partial charge on any atom is -0.308 e. The third-order valence-corrected chi connectivity index (χ3v) is 5.13. The first-order chi connectivity index (χ1) is 11.6. The van der Waals surface area contributed by atoms with Crippen molar-refractivity contribution in [1.29, 1.82) is 0 Å². The molecule has 0 aliphatic heterocycles. The van der Waals surface area contributed by atoms with Crippen LogP contribution in [-0.2, 0) is 0 Å². The van der Waals surface area contributed by atoms with Gasteiger partial charge < -0.3 is 5.32 Å². The summed E-state index contributed by atoms with van der Waals surface area (Å²) in [5, 5.41) is 3.54. The van der Waals surface area contributed by atoms with Crippen LogP contribution in [0, 0.1) is 0 Å². The number of hydrogen-bond donors (Lipinski definition) is 1. The summed E-state index contributed by atoms with van der Waals surface area (Å²) in [6.45, 7) is 11.6.